The van der Waals surface area contributed by atoms with Crippen LogP contribution in [0.5, 0.6) is 5.75 Å². The van der Waals surface area contributed by atoms with Gasteiger partial charge in [0.05, 0.1) is 24.7 Å². The standard InChI is InChI=1S/C22H21N3O5/c1-3-20(26)23-15-8-6-14(7-9-15)21(27)25-18-13-16(29-2)10-11-17(18)24-22(28)19-5-4-12-30-19/h4-13H,3H2,1-2H3,(H,23,26)(H,24,28)(H,25,27). The molecular formula is C22H21N3O5. The zero-order valence-electron chi connectivity index (χ0n) is 16.5. The molecule has 0 atom stereocenters. The highest BCUT2D eigenvalue weighted by molar-refractivity contribution is 6.09. The number of anilines is 3. The maximum atomic E-state index is 12.7. The van der Waals surface area contributed by atoms with Crippen LogP contribution < -0.4 is 20.7 Å². The molecule has 0 aliphatic carbocycles. The number of rotatable bonds is 7. The molecule has 30 heavy (non-hydrogen) atoms. The maximum Gasteiger partial charge on any atom is 0.291 e. The average Bonchev–Trinajstić information content (AvgIpc) is 3.30. The lowest BCUT2D eigenvalue weighted by atomic mass is 10.1. The van der Waals surface area contributed by atoms with Crippen molar-refractivity contribution in [3.05, 3.63) is 72.2 Å². The monoisotopic (exact) mass is 407 g/mol. The fraction of sp³-hybridized carbons (Fsp3) is 0.136. The van der Waals surface area contributed by atoms with Crippen molar-refractivity contribution in [1.29, 1.82) is 0 Å². The van der Waals surface area contributed by atoms with Crippen LogP contribution in [0.15, 0.2) is 65.3 Å². The number of hydrogen-bond acceptors (Lipinski definition) is 5. The average molecular weight is 407 g/mol. The summed E-state index contributed by atoms with van der Waals surface area (Å²) in [5.74, 6) is -0.283. The van der Waals surface area contributed by atoms with E-state index in [1.54, 1.807) is 55.5 Å². The van der Waals surface area contributed by atoms with Gasteiger partial charge in [0.25, 0.3) is 11.8 Å². The first-order valence-electron chi connectivity index (χ1n) is 9.24. The molecule has 3 rings (SSSR count). The van der Waals surface area contributed by atoms with Crippen molar-refractivity contribution in [2.45, 2.75) is 13.3 Å². The minimum atomic E-state index is -0.448. The van der Waals surface area contributed by atoms with Crippen LogP contribution in [0, 0.1) is 0 Å². The molecule has 0 fully saturated rings. The summed E-state index contributed by atoms with van der Waals surface area (Å²) >= 11 is 0. The first-order valence-corrected chi connectivity index (χ1v) is 9.24. The molecule has 0 saturated carbocycles. The smallest absolute Gasteiger partial charge is 0.291 e. The molecule has 154 valence electrons. The molecule has 0 aliphatic heterocycles. The minimum absolute atomic E-state index is 0.111. The minimum Gasteiger partial charge on any atom is -0.497 e. The number of carbonyl (C=O) groups excluding carboxylic acids is 3. The Balaban J connectivity index is 1.78. The Morgan fingerprint density at radius 3 is 2.27 bits per heavy atom. The quantitative estimate of drug-likeness (QED) is 0.545. The largest absolute Gasteiger partial charge is 0.497 e. The Hall–Kier alpha value is -4.07. The highest BCUT2D eigenvalue weighted by Gasteiger charge is 2.15. The Kier molecular flexibility index (Phi) is 6.49. The molecule has 0 spiro atoms. The predicted octanol–water partition coefficient (Wildman–Crippen LogP) is 4.14. The molecule has 3 amide bonds. The van der Waals surface area contributed by atoms with Crippen LogP contribution in [0.3, 0.4) is 0 Å². The van der Waals surface area contributed by atoms with Gasteiger partial charge in [-0.3, -0.25) is 14.4 Å². The number of amides is 3. The van der Waals surface area contributed by atoms with E-state index in [9.17, 15) is 14.4 Å². The van der Waals surface area contributed by atoms with Crippen molar-refractivity contribution in [3.63, 3.8) is 0 Å². The Bertz CT molecular complexity index is 1040. The summed E-state index contributed by atoms with van der Waals surface area (Å²) in [6, 6.07) is 14.5. The molecule has 0 bridgehead atoms. The van der Waals surface area contributed by atoms with Gasteiger partial charge in [-0.05, 0) is 48.5 Å². The lowest BCUT2D eigenvalue weighted by molar-refractivity contribution is -0.115. The fourth-order valence-corrected chi connectivity index (χ4v) is 2.60. The van der Waals surface area contributed by atoms with Crippen LogP contribution in [0.1, 0.15) is 34.3 Å². The van der Waals surface area contributed by atoms with Gasteiger partial charge in [0, 0.05) is 23.7 Å². The Labute approximate surface area is 173 Å². The first-order chi connectivity index (χ1) is 14.5. The van der Waals surface area contributed by atoms with Crippen molar-refractivity contribution in [1.82, 2.24) is 0 Å². The van der Waals surface area contributed by atoms with Crippen molar-refractivity contribution in [3.8, 4) is 5.75 Å². The molecule has 1 heterocycles. The van der Waals surface area contributed by atoms with Crippen LogP contribution in [-0.4, -0.2) is 24.8 Å². The van der Waals surface area contributed by atoms with E-state index in [-0.39, 0.29) is 17.6 Å². The van der Waals surface area contributed by atoms with E-state index >= 15 is 0 Å². The van der Waals surface area contributed by atoms with Gasteiger partial charge in [-0.1, -0.05) is 6.92 Å². The number of benzene rings is 2. The Morgan fingerprint density at radius 1 is 0.900 bits per heavy atom. The second kappa shape index (κ2) is 9.42. The summed E-state index contributed by atoms with van der Waals surface area (Å²) in [5.41, 5.74) is 1.74. The van der Waals surface area contributed by atoms with Crippen LogP contribution in [0.2, 0.25) is 0 Å². The number of methoxy groups -OCH3 is 1. The van der Waals surface area contributed by atoms with E-state index in [4.69, 9.17) is 9.15 Å². The van der Waals surface area contributed by atoms with E-state index in [2.05, 4.69) is 16.0 Å². The second-order valence-electron chi connectivity index (χ2n) is 6.28. The summed E-state index contributed by atoms with van der Waals surface area (Å²) in [7, 11) is 1.51. The number of furan rings is 1. The number of carbonyl (C=O) groups is 3. The van der Waals surface area contributed by atoms with Gasteiger partial charge >= 0.3 is 0 Å². The summed E-state index contributed by atoms with van der Waals surface area (Å²) in [4.78, 5) is 36.5. The van der Waals surface area contributed by atoms with Crippen molar-refractivity contribution < 1.29 is 23.5 Å². The van der Waals surface area contributed by atoms with E-state index < -0.39 is 5.91 Å². The first kappa shape index (κ1) is 20.7. The zero-order chi connectivity index (χ0) is 21.5. The van der Waals surface area contributed by atoms with Crippen LogP contribution >= 0.6 is 0 Å². The van der Waals surface area contributed by atoms with Gasteiger partial charge in [0.2, 0.25) is 5.91 Å². The highest BCUT2D eigenvalue weighted by Crippen LogP contribution is 2.28. The van der Waals surface area contributed by atoms with Crippen LogP contribution in [0.4, 0.5) is 17.1 Å². The van der Waals surface area contributed by atoms with Crippen LogP contribution in [-0.2, 0) is 4.79 Å². The maximum absolute atomic E-state index is 12.7. The predicted molar refractivity (Wildman–Crippen MR) is 113 cm³/mol. The van der Waals surface area contributed by atoms with Gasteiger partial charge < -0.3 is 25.1 Å². The van der Waals surface area contributed by atoms with Gasteiger partial charge in [-0.25, -0.2) is 0 Å². The normalized spacial score (nSPS) is 10.2. The molecule has 3 N–H and O–H groups in total. The molecule has 0 aliphatic rings. The van der Waals surface area contributed by atoms with Gasteiger partial charge in [0.15, 0.2) is 5.76 Å². The van der Waals surface area contributed by atoms with Crippen molar-refractivity contribution in [2.75, 3.05) is 23.1 Å². The van der Waals surface area contributed by atoms with Crippen molar-refractivity contribution >= 4 is 34.8 Å². The van der Waals surface area contributed by atoms with Crippen molar-refractivity contribution in [2.24, 2.45) is 0 Å². The zero-order valence-corrected chi connectivity index (χ0v) is 16.5. The number of ether oxygens (including phenoxy) is 1. The molecule has 0 saturated heterocycles. The molecular weight excluding hydrogens is 386 g/mol. The van der Waals surface area contributed by atoms with Crippen LogP contribution in [0.25, 0.3) is 0 Å². The van der Waals surface area contributed by atoms with E-state index in [1.807, 2.05) is 0 Å². The third-order valence-electron chi connectivity index (χ3n) is 4.22. The van der Waals surface area contributed by atoms with E-state index in [0.29, 0.717) is 34.8 Å². The topological polar surface area (TPSA) is 110 Å². The summed E-state index contributed by atoms with van der Waals surface area (Å²) < 4.78 is 10.3. The molecule has 2 aromatic carbocycles. The van der Waals surface area contributed by atoms with Gasteiger partial charge in [-0.15, -0.1) is 0 Å². The molecule has 0 unspecified atom stereocenters. The second-order valence-corrected chi connectivity index (χ2v) is 6.28. The molecule has 0 radical (unpaired) electrons. The molecule has 1 aromatic heterocycles. The van der Waals surface area contributed by atoms with Gasteiger partial charge in [0.1, 0.15) is 5.75 Å². The number of hydrogen-bond donors (Lipinski definition) is 3. The van der Waals surface area contributed by atoms with Gasteiger partial charge in [-0.2, -0.15) is 0 Å². The molecule has 3 aromatic rings. The molecule has 8 nitrogen and oxygen atoms in total. The Morgan fingerprint density at radius 2 is 1.63 bits per heavy atom. The lowest BCUT2D eigenvalue weighted by Gasteiger charge is -2.14. The number of nitrogens with one attached hydrogen (secondary N) is 3. The third-order valence-corrected chi connectivity index (χ3v) is 4.22. The summed E-state index contributed by atoms with van der Waals surface area (Å²) in [5, 5.41) is 8.20. The van der Waals surface area contributed by atoms with E-state index in [1.165, 1.54) is 19.4 Å². The fourth-order valence-electron chi connectivity index (χ4n) is 2.60. The summed E-state index contributed by atoms with van der Waals surface area (Å²) in [6.07, 6.45) is 1.77. The highest BCUT2D eigenvalue weighted by atomic mass is 16.5. The molecule has 8 heteroatoms. The summed E-state index contributed by atoms with van der Waals surface area (Å²) in [6.45, 7) is 1.76. The third kappa shape index (κ3) is 5.05. The lowest BCUT2D eigenvalue weighted by Crippen LogP contribution is -2.17. The SMILES string of the molecule is CCC(=O)Nc1ccc(C(=O)Nc2cc(OC)ccc2NC(=O)c2ccco2)cc1. The van der Waals surface area contributed by atoms with E-state index in [0.717, 1.165) is 0 Å².